The highest BCUT2D eigenvalue weighted by Crippen LogP contribution is 2.27. The third kappa shape index (κ3) is 3.17. The second-order valence-corrected chi connectivity index (χ2v) is 7.08. The number of benzene rings is 1. The molecule has 1 saturated heterocycles. The number of carbonyl (C=O) groups excluding carboxylic acids is 1. The van der Waals surface area contributed by atoms with Gasteiger partial charge >= 0.3 is 0 Å². The van der Waals surface area contributed by atoms with Crippen molar-refractivity contribution in [1.82, 2.24) is 19.9 Å². The van der Waals surface area contributed by atoms with Crippen molar-refractivity contribution < 1.29 is 9.53 Å². The summed E-state index contributed by atoms with van der Waals surface area (Å²) in [5, 5.41) is 8.68. The van der Waals surface area contributed by atoms with Crippen molar-refractivity contribution in [3.63, 3.8) is 0 Å². The average molecular weight is 356 g/mol. The summed E-state index contributed by atoms with van der Waals surface area (Å²) in [6.45, 7) is 3.13. The number of aryl methyl sites for hydroxylation is 1. The SMILES string of the molecule is CCc1nn2c(CNC(=O)[C@H]3CCCO3)c(-c3ccccc3)nc2s1. The lowest BCUT2D eigenvalue weighted by atomic mass is 10.1. The molecule has 3 heterocycles. The molecular formula is C18H20N4O2S. The minimum absolute atomic E-state index is 0.0580. The van der Waals surface area contributed by atoms with E-state index in [1.807, 2.05) is 34.8 Å². The van der Waals surface area contributed by atoms with E-state index in [9.17, 15) is 4.79 Å². The van der Waals surface area contributed by atoms with Gasteiger partial charge in [-0.05, 0) is 19.3 Å². The Morgan fingerprint density at radius 1 is 1.40 bits per heavy atom. The zero-order valence-electron chi connectivity index (χ0n) is 14.1. The van der Waals surface area contributed by atoms with E-state index in [1.165, 1.54) is 0 Å². The minimum atomic E-state index is -0.328. The van der Waals surface area contributed by atoms with E-state index in [4.69, 9.17) is 9.72 Å². The van der Waals surface area contributed by atoms with Crippen LogP contribution in [0.5, 0.6) is 0 Å². The van der Waals surface area contributed by atoms with Crippen LogP contribution in [-0.2, 0) is 22.5 Å². The van der Waals surface area contributed by atoms with Crippen LogP contribution in [-0.4, -0.2) is 33.2 Å². The van der Waals surface area contributed by atoms with E-state index in [2.05, 4.69) is 17.3 Å². The molecule has 1 aromatic carbocycles. The standard InChI is InChI=1S/C18H20N4O2S/c1-2-15-21-22-13(11-19-17(23)14-9-6-10-24-14)16(20-18(22)25-15)12-7-4-3-5-8-12/h3-5,7-8,14H,2,6,9-11H2,1H3,(H,19,23)/t14-/m1/s1. The molecular weight excluding hydrogens is 336 g/mol. The van der Waals surface area contributed by atoms with E-state index >= 15 is 0 Å². The third-order valence-electron chi connectivity index (χ3n) is 4.34. The second-order valence-electron chi connectivity index (χ2n) is 6.04. The summed E-state index contributed by atoms with van der Waals surface area (Å²) in [7, 11) is 0. The first-order chi connectivity index (χ1) is 12.3. The molecule has 4 rings (SSSR count). The zero-order chi connectivity index (χ0) is 17.2. The highest BCUT2D eigenvalue weighted by molar-refractivity contribution is 7.16. The first kappa shape index (κ1) is 16.2. The fraction of sp³-hybridized carbons (Fsp3) is 0.389. The summed E-state index contributed by atoms with van der Waals surface area (Å²) in [5.74, 6) is -0.0580. The molecule has 1 aliphatic heterocycles. The zero-order valence-corrected chi connectivity index (χ0v) is 14.9. The number of amides is 1. The van der Waals surface area contributed by atoms with Crippen LogP contribution in [0.25, 0.3) is 16.2 Å². The van der Waals surface area contributed by atoms with Crippen LogP contribution in [0.3, 0.4) is 0 Å². The molecule has 2 aromatic heterocycles. The van der Waals surface area contributed by atoms with Gasteiger partial charge in [0.25, 0.3) is 0 Å². The van der Waals surface area contributed by atoms with Gasteiger partial charge in [-0.1, -0.05) is 48.6 Å². The van der Waals surface area contributed by atoms with Gasteiger partial charge in [-0.2, -0.15) is 5.10 Å². The average Bonchev–Trinajstić information content (AvgIpc) is 3.36. The number of carbonyl (C=O) groups is 1. The molecule has 0 spiro atoms. The van der Waals surface area contributed by atoms with Gasteiger partial charge < -0.3 is 10.1 Å². The van der Waals surface area contributed by atoms with Crippen molar-refractivity contribution in [1.29, 1.82) is 0 Å². The number of imidazole rings is 1. The lowest BCUT2D eigenvalue weighted by molar-refractivity contribution is -0.130. The maximum atomic E-state index is 12.3. The van der Waals surface area contributed by atoms with E-state index in [1.54, 1.807) is 11.3 Å². The molecule has 1 amide bonds. The molecule has 6 nitrogen and oxygen atoms in total. The van der Waals surface area contributed by atoms with Gasteiger partial charge in [0, 0.05) is 12.2 Å². The van der Waals surface area contributed by atoms with Crippen LogP contribution in [0.1, 0.15) is 30.5 Å². The molecule has 1 aliphatic rings. The number of rotatable bonds is 5. The van der Waals surface area contributed by atoms with Crippen LogP contribution in [0.2, 0.25) is 0 Å². The van der Waals surface area contributed by atoms with Crippen molar-refractivity contribution in [3.8, 4) is 11.3 Å². The summed E-state index contributed by atoms with van der Waals surface area (Å²) in [5.41, 5.74) is 2.80. The number of hydrogen-bond acceptors (Lipinski definition) is 5. The molecule has 0 bridgehead atoms. The predicted octanol–water partition coefficient (Wildman–Crippen LogP) is 2.82. The van der Waals surface area contributed by atoms with Gasteiger partial charge in [-0.3, -0.25) is 4.79 Å². The normalized spacial score (nSPS) is 17.2. The smallest absolute Gasteiger partial charge is 0.249 e. The van der Waals surface area contributed by atoms with Gasteiger partial charge in [0.1, 0.15) is 11.1 Å². The molecule has 0 aliphatic carbocycles. The van der Waals surface area contributed by atoms with Gasteiger partial charge in [0.05, 0.1) is 17.9 Å². The highest BCUT2D eigenvalue weighted by atomic mass is 32.1. The maximum Gasteiger partial charge on any atom is 0.249 e. The van der Waals surface area contributed by atoms with E-state index in [0.717, 1.165) is 46.2 Å². The molecule has 0 saturated carbocycles. The van der Waals surface area contributed by atoms with E-state index < -0.39 is 0 Å². The Morgan fingerprint density at radius 2 is 2.24 bits per heavy atom. The number of aromatic nitrogens is 3. The molecule has 130 valence electrons. The summed E-state index contributed by atoms with van der Waals surface area (Å²) in [4.78, 5) is 17.9. The number of nitrogens with zero attached hydrogens (tertiary/aromatic N) is 3. The Kier molecular flexibility index (Phi) is 4.50. The van der Waals surface area contributed by atoms with Crippen LogP contribution in [0.15, 0.2) is 30.3 Å². The van der Waals surface area contributed by atoms with E-state index in [0.29, 0.717) is 13.2 Å². The second kappa shape index (κ2) is 6.93. The monoisotopic (exact) mass is 356 g/mol. The molecule has 7 heteroatoms. The number of hydrogen-bond donors (Lipinski definition) is 1. The lowest BCUT2D eigenvalue weighted by Crippen LogP contribution is -2.34. The van der Waals surface area contributed by atoms with Crippen LogP contribution in [0.4, 0.5) is 0 Å². The molecule has 1 fully saturated rings. The Bertz CT molecular complexity index is 881. The molecule has 25 heavy (non-hydrogen) atoms. The predicted molar refractivity (Wildman–Crippen MR) is 96.5 cm³/mol. The van der Waals surface area contributed by atoms with Crippen molar-refractivity contribution in [3.05, 3.63) is 41.0 Å². The van der Waals surface area contributed by atoms with Crippen LogP contribution in [0, 0.1) is 0 Å². The number of ether oxygens (including phenoxy) is 1. The Hall–Kier alpha value is -2.25. The highest BCUT2D eigenvalue weighted by Gasteiger charge is 2.24. The topological polar surface area (TPSA) is 68.5 Å². The summed E-state index contributed by atoms with van der Waals surface area (Å²) < 4.78 is 7.32. The first-order valence-corrected chi connectivity index (χ1v) is 9.40. The van der Waals surface area contributed by atoms with Crippen molar-refractivity contribution in [2.24, 2.45) is 0 Å². The maximum absolute atomic E-state index is 12.3. The molecule has 1 N–H and O–H groups in total. The molecule has 1 atom stereocenters. The Balaban J connectivity index is 1.66. The summed E-state index contributed by atoms with van der Waals surface area (Å²) in [6.07, 6.45) is 2.27. The first-order valence-electron chi connectivity index (χ1n) is 8.58. The summed E-state index contributed by atoms with van der Waals surface area (Å²) >= 11 is 1.59. The van der Waals surface area contributed by atoms with Gasteiger partial charge in [0.2, 0.25) is 10.9 Å². The Labute approximate surface area is 149 Å². The largest absolute Gasteiger partial charge is 0.368 e. The summed E-state index contributed by atoms with van der Waals surface area (Å²) in [6, 6.07) is 10.0. The molecule has 0 radical (unpaired) electrons. The molecule has 3 aromatic rings. The molecule has 0 unspecified atom stereocenters. The number of fused-ring (bicyclic) bond motifs is 1. The minimum Gasteiger partial charge on any atom is -0.368 e. The van der Waals surface area contributed by atoms with Gasteiger partial charge in [-0.25, -0.2) is 9.50 Å². The fourth-order valence-corrected chi connectivity index (χ4v) is 3.88. The Morgan fingerprint density at radius 3 is 2.96 bits per heavy atom. The van der Waals surface area contributed by atoms with Crippen LogP contribution < -0.4 is 5.32 Å². The van der Waals surface area contributed by atoms with Gasteiger partial charge in [0.15, 0.2) is 0 Å². The lowest BCUT2D eigenvalue weighted by Gasteiger charge is -2.10. The number of nitrogens with one attached hydrogen (secondary N) is 1. The quantitative estimate of drug-likeness (QED) is 0.763. The van der Waals surface area contributed by atoms with E-state index in [-0.39, 0.29) is 12.0 Å². The van der Waals surface area contributed by atoms with Crippen molar-refractivity contribution in [2.45, 2.75) is 38.8 Å². The van der Waals surface area contributed by atoms with Crippen molar-refractivity contribution >= 4 is 22.2 Å². The van der Waals surface area contributed by atoms with Gasteiger partial charge in [-0.15, -0.1) is 0 Å². The third-order valence-corrected chi connectivity index (χ3v) is 5.39. The van der Waals surface area contributed by atoms with Crippen LogP contribution >= 0.6 is 11.3 Å². The van der Waals surface area contributed by atoms with Crippen molar-refractivity contribution in [2.75, 3.05) is 6.61 Å². The fourth-order valence-electron chi connectivity index (χ4n) is 3.03.